The highest BCUT2D eigenvalue weighted by Crippen LogP contribution is 2.19. The summed E-state index contributed by atoms with van der Waals surface area (Å²) >= 11 is 3.25. The van der Waals surface area contributed by atoms with Gasteiger partial charge in [-0.15, -0.1) is 0 Å². The highest BCUT2D eigenvalue weighted by atomic mass is 79.9. The predicted molar refractivity (Wildman–Crippen MR) is 63.1 cm³/mol. The second kappa shape index (κ2) is 6.34. The molecule has 0 aliphatic rings. The van der Waals surface area contributed by atoms with Crippen LogP contribution < -0.4 is 5.32 Å². The van der Waals surface area contributed by atoms with Gasteiger partial charge in [0.25, 0.3) is 0 Å². The number of hydrogen-bond donors (Lipinski definition) is 2. The monoisotopic (exact) mass is 303 g/mol. The molecular weight excluding hydrogens is 293 g/mol. The van der Waals surface area contributed by atoms with Crippen LogP contribution >= 0.6 is 15.9 Å². The van der Waals surface area contributed by atoms with Crippen LogP contribution in [0, 0.1) is 5.82 Å². The minimum absolute atomic E-state index is 0.120. The van der Waals surface area contributed by atoms with Crippen LogP contribution in [-0.2, 0) is 16.0 Å². The first-order valence-corrected chi connectivity index (χ1v) is 5.71. The summed E-state index contributed by atoms with van der Waals surface area (Å²) in [6.45, 7) is -0.400. The molecule has 1 amide bonds. The fourth-order valence-electron chi connectivity index (χ4n) is 1.25. The van der Waals surface area contributed by atoms with Gasteiger partial charge in [-0.25, -0.2) is 4.39 Å². The Morgan fingerprint density at radius 3 is 2.76 bits per heavy atom. The molecule has 0 unspecified atom stereocenters. The number of nitrogens with one attached hydrogen (secondary N) is 1. The summed E-state index contributed by atoms with van der Waals surface area (Å²) in [5.74, 6) is -1.83. The summed E-state index contributed by atoms with van der Waals surface area (Å²) < 4.78 is 13.7. The molecule has 2 N–H and O–H groups in total. The molecule has 0 aromatic heterocycles. The number of carboxylic acid groups (broad SMARTS) is 1. The van der Waals surface area contributed by atoms with E-state index in [1.54, 1.807) is 6.07 Å². The van der Waals surface area contributed by atoms with Crippen molar-refractivity contribution < 1.29 is 19.1 Å². The van der Waals surface area contributed by atoms with E-state index >= 15 is 0 Å². The Morgan fingerprint density at radius 1 is 1.41 bits per heavy atom. The van der Waals surface area contributed by atoms with Gasteiger partial charge in [0, 0.05) is 10.9 Å². The molecular formula is C11H11BrFNO3. The molecule has 0 aliphatic heterocycles. The predicted octanol–water partition coefficient (Wildman–Crippen LogP) is 1.72. The number of amides is 1. The molecule has 1 aromatic rings. The topological polar surface area (TPSA) is 66.4 Å². The standard InChI is InChI=1S/C11H11BrFNO3/c12-9-3-2-8(13)5-7(9)1-4-10(15)14-6-11(16)17/h2-3,5H,1,4,6H2,(H,14,15)(H,16,17). The lowest BCUT2D eigenvalue weighted by Gasteiger charge is -2.05. The number of hydrogen-bond acceptors (Lipinski definition) is 2. The third-order valence-electron chi connectivity index (χ3n) is 2.07. The summed E-state index contributed by atoms with van der Waals surface area (Å²) in [7, 11) is 0. The van der Waals surface area contributed by atoms with Gasteiger partial charge in [0.2, 0.25) is 5.91 Å². The smallest absolute Gasteiger partial charge is 0.322 e. The molecule has 0 fully saturated rings. The summed E-state index contributed by atoms with van der Waals surface area (Å²) in [5.41, 5.74) is 0.676. The molecule has 0 aliphatic carbocycles. The van der Waals surface area contributed by atoms with E-state index in [1.807, 2.05) is 0 Å². The molecule has 0 saturated carbocycles. The molecule has 0 radical (unpaired) electrons. The lowest BCUT2D eigenvalue weighted by atomic mass is 10.1. The van der Waals surface area contributed by atoms with Crippen LogP contribution in [0.1, 0.15) is 12.0 Å². The molecule has 1 aromatic carbocycles. The minimum Gasteiger partial charge on any atom is -0.480 e. The van der Waals surface area contributed by atoms with Crippen LogP contribution in [0.15, 0.2) is 22.7 Å². The average Bonchev–Trinajstić information content (AvgIpc) is 2.27. The fraction of sp³-hybridized carbons (Fsp3) is 0.273. The Bertz CT molecular complexity index is 437. The Morgan fingerprint density at radius 2 is 2.12 bits per heavy atom. The molecule has 0 spiro atoms. The van der Waals surface area contributed by atoms with Crippen LogP contribution in [0.4, 0.5) is 4.39 Å². The first-order chi connectivity index (χ1) is 7.99. The van der Waals surface area contributed by atoms with E-state index in [1.165, 1.54) is 12.1 Å². The van der Waals surface area contributed by atoms with Gasteiger partial charge in [0.15, 0.2) is 0 Å². The molecule has 6 heteroatoms. The summed E-state index contributed by atoms with van der Waals surface area (Å²) in [6, 6.07) is 4.23. The van der Waals surface area contributed by atoms with Crippen molar-refractivity contribution in [2.75, 3.05) is 6.54 Å². The van der Waals surface area contributed by atoms with Gasteiger partial charge in [-0.2, -0.15) is 0 Å². The Kier molecular flexibility index (Phi) is 5.09. The number of carbonyl (C=O) groups excluding carboxylic acids is 1. The molecule has 1 rings (SSSR count). The first-order valence-electron chi connectivity index (χ1n) is 4.91. The Balaban J connectivity index is 2.47. The van der Waals surface area contributed by atoms with Crippen molar-refractivity contribution in [1.82, 2.24) is 5.32 Å². The van der Waals surface area contributed by atoms with Crippen molar-refractivity contribution in [3.8, 4) is 0 Å². The van der Waals surface area contributed by atoms with Gasteiger partial charge < -0.3 is 10.4 Å². The van der Waals surface area contributed by atoms with Crippen molar-refractivity contribution in [3.63, 3.8) is 0 Å². The first kappa shape index (κ1) is 13.6. The van der Waals surface area contributed by atoms with E-state index in [2.05, 4.69) is 21.2 Å². The van der Waals surface area contributed by atoms with Crippen LogP contribution in [0.2, 0.25) is 0 Å². The van der Waals surface area contributed by atoms with Crippen LogP contribution in [0.3, 0.4) is 0 Å². The maximum Gasteiger partial charge on any atom is 0.322 e. The SMILES string of the molecule is O=C(O)CNC(=O)CCc1cc(F)ccc1Br. The van der Waals surface area contributed by atoms with Gasteiger partial charge in [0.05, 0.1) is 0 Å². The number of carbonyl (C=O) groups is 2. The number of benzene rings is 1. The summed E-state index contributed by atoms with van der Waals surface area (Å²) in [4.78, 5) is 21.4. The Labute approximate surface area is 106 Å². The zero-order valence-electron chi connectivity index (χ0n) is 8.87. The van der Waals surface area contributed by atoms with Crippen LogP contribution in [0.25, 0.3) is 0 Å². The van der Waals surface area contributed by atoms with Crippen molar-refractivity contribution in [3.05, 3.63) is 34.1 Å². The highest BCUT2D eigenvalue weighted by molar-refractivity contribution is 9.10. The lowest BCUT2D eigenvalue weighted by Crippen LogP contribution is -2.29. The maximum absolute atomic E-state index is 12.9. The molecule has 0 bridgehead atoms. The van der Waals surface area contributed by atoms with E-state index in [4.69, 9.17) is 5.11 Å². The van der Waals surface area contributed by atoms with Gasteiger partial charge in [-0.1, -0.05) is 15.9 Å². The van der Waals surface area contributed by atoms with Crippen molar-refractivity contribution >= 4 is 27.8 Å². The normalized spacial score (nSPS) is 10.0. The number of rotatable bonds is 5. The number of aliphatic carboxylic acids is 1. The zero-order valence-corrected chi connectivity index (χ0v) is 10.5. The number of halogens is 2. The van der Waals surface area contributed by atoms with Gasteiger partial charge in [-0.05, 0) is 30.2 Å². The maximum atomic E-state index is 12.9. The van der Waals surface area contributed by atoms with E-state index in [0.29, 0.717) is 12.0 Å². The minimum atomic E-state index is -1.09. The van der Waals surface area contributed by atoms with Gasteiger partial charge in [0.1, 0.15) is 12.4 Å². The molecule has 0 atom stereocenters. The van der Waals surface area contributed by atoms with E-state index in [-0.39, 0.29) is 18.1 Å². The average molecular weight is 304 g/mol. The van der Waals surface area contributed by atoms with E-state index in [9.17, 15) is 14.0 Å². The fourth-order valence-corrected chi connectivity index (χ4v) is 1.69. The van der Waals surface area contributed by atoms with Gasteiger partial charge in [-0.3, -0.25) is 9.59 Å². The second-order valence-corrected chi connectivity index (χ2v) is 4.26. The molecule has 4 nitrogen and oxygen atoms in total. The Hall–Kier alpha value is -1.43. The molecule has 0 heterocycles. The summed E-state index contributed by atoms with van der Waals surface area (Å²) in [5, 5.41) is 10.6. The lowest BCUT2D eigenvalue weighted by molar-refractivity contribution is -0.137. The third-order valence-corrected chi connectivity index (χ3v) is 2.84. The second-order valence-electron chi connectivity index (χ2n) is 3.41. The highest BCUT2D eigenvalue weighted by Gasteiger charge is 2.07. The molecule has 92 valence electrons. The largest absolute Gasteiger partial charge is 0.480 e. The zero-order chi connectivity index (χ0) is 12.8. The van der Waals surface area contributed by atoms with Crippen LogP contribution in [-0.4, -0.2) is 23.5 Å². The quantitative estimate of drug-likeness (QED) is 0.870. The van der Waals surface area contributed by atoms with E-state index in [0.717, 1.165) is 4.47 Å². The van der Waals surface area contributed by atoms with E-state index < -0.39 is 12.5 Å². The van der Waals surface area contributed by atoms with Crippen molar-refractivity contribution in [2.45, 2.75) is 12.8 Å². The van der Waals surface area contributed by atoms with Gasteiger partial charge >= 0.3 is 5.97 Å². The summed E-state index contributed by atoms with van der Waals surface area (Å²) in [6.07, 6.45) is 0.471. The van der Waals surface area contributed by atoms with Crippen molar-refractivity contribution in [1.29, 1.82) is 0 Å². The third kappa shape index (κ3) is 4.95. The number of carboxylic acids is 1. The molecule has 0 saturated heterocycles. The number of aryl methyl sites for hydroxylation is 1. The van der Waals surface area contributed by atoms with Crippen LogP contribution in [0.5, 0.6) is 0 Å². The van der Waals surface area contributed by atoms with Crippen molar-refractivity contribution in [2.24, 2.45) is 0 Å². The molecule has 17 heavy (non-hydrogen) atoms.